The highest BCUT2D eigenvalue weighted by atomic mass is 19.2. The summed E-state index contributed by atoms with van der Waals surface area (Å²) < 4.78 is 25.4. The van der Waals surface area contributed by atoms with E-state index < -0.39 is 23.0 Å². The van der Waals surface area contributed by atoms with E-state index in [1.807, 2.05) is 6.07 Å². The predicted molar refractivity (Wildman–Crippen MR) is 54.4 cm³/mol. The molecule has 1 amide bonds. The van der Waals surface area contributed by atoms with Crippen LogP contribution in [0.5, 0.6) is 0 Å². The summed E-state index contributed by atoms with van der Waals surface area (Å²) in [7, 11) is 0. The summed E-state index contributed by atoms with van der Waals surface area (Å²) in [5.74, 6) is -2.61. The van der Waals surface area contributed by atoms with Gasteiger partial charge >= 0.3 is 0 Å². The molecule has 1 aromatic rings. The van der Waals surface area contributed by atoms with Crippen molar-refractivity contribution in [2.24, 2.45) is 5.41 Å². The maximum Gasteiger partial charge on any atom is 0.244 e. The molecule has 0 spiro atoms. The molecule has 5 heteroatoms. The van der Waals surface area contributed by atoms with E-state index in [9.17, 15) is 13.6 Å². The zero-order chi connectivity index (χ0) is 12.3. The van der Waals surface area contributed by atoms with E-state index in [1.165, 1.54) is 19.9 Å². The molecule has 1 N–H and O–H groups in total. The van der Waals surface area contributed by atoms with Crippen LogP contribution in [0.15, 0.2) is 18.2 Å². The smallest absolute Gasteiger partial charge is 0.244 e. The van der Waals surface area contributed by atoms with Crippen molar-refractivity contribution in [1.29, 1.82) is 5.26 Å². The Labute approximate surface area is 91.7 Å². The molecular formula is C11H10F2N2O. The second-order valence-corrected chi connectivity index (χ2v) is 3.82. The largest absolute Gasteiger partial charge is 0.325 e. The van der Waals surface area contributed by atoms with E-state index >= 15 is 0 Å². The first-order valence-electron chi connectivity index (χ1n) is 4.54. The third kappa shape index (κ3) is 2.54. The van der Waals surface area contributed by atoms with E-state index in [4.69, 9.17) is 5.26 Å². The summed E-state index contributed by atoms with van der Waals surface area (Å²) in [5.41, 5.74) is -1.10. The van der Waals surface area contributed by atoms with Gasteiger partial charge in [-0.2, -0.15) is 5.26 Å². The van der Waals surface area contributed by atoms with Crippen LogP contribution in [0.2, 0.25) is 0 Å². The van der Waals surface area contributed by atoms with E-state index in [0.717, 1.165) is 12.1 Å². The van der Waals surface area contributed by atoms with Gasteiger partial charge in [0.1, 0.15) is 5.41 Å². The SMILES string of the molecule is CC(C)(C#N)C(=O)Nc1ccc(F)c(F)c1. The van der Waals surface area contributed by atoms with Gasteiger partial charge in [-0.1, -0.05) is 0 Å². The molecular weight excluding hydrogens is 214 g/mol. The van der Waals surface area contributed by atoms with Gasteiger partial charge in [0.15, 0.2) is 11.6 Å². The molecule has 0 atom stereocenters. The lowest BCUT2D eigenvalue weighted by atomic mass is 9.94. The molecule has 84 valence electrons. The lowest BCUT2D eigenvalue weighted by molar-refractivity contribution is -0.121. The number of carbonyl (C=O) groups is 1. The first-order chi connectivity index (χ1) is 7.36. The van der Waals surface area contributed by atoms with Crippen LogP contribution < -0.4 is 5.32 Å². The normalized spacial score (nSPS) is 10.7. The average molecular weight is 224 g/mol. The van der Waals surface area contributed by atoms with Crippen molar-refractivity contribution in [1.82, 2.24) is 0 Å². The number of hydrogen-bond acceptors (Lipinski definition) is 2. The number of nitrogens with zero attached hydrogens (tertiary/aromatic N) is 1. The van der Waals surface area contributed by atoms with Gasteiger partial charge in [0.25, 0.3) is 0 Å². The van der Waals surface area contributed by atoms with Gasteiger partial charge in [0.2, 0.25) is 5.91 Å². The summed E-state index contributed by atoms with van der Waals surface area (Å²) >= 11 is 0. The first-order valence-corrected chi connectivity index (χ1v) is 4.54. The fraction of sp³-hybridized carbons (Fsp3) is 0.273. The molecule has 3 nitrogen and oxygen atoms in total. The van der Waals surface area contributed by atoms with Crippen molar-refractivity contribution in [3.8, 4) is 6.07 Å². The fourth-order valence-electron chi connectivity index (χ4n) is 0.912. The van der Waals surface area contributed by atoms with E-state index in [2.05, 4.69) is 5.32 Å². The number of halogens is 2. The topological polar surface area (TPSA) is 52.9 Å². The Balaban J connectivity index is 2.87. The second-order valence-electron chi connectivity index (χ2n) is 3.82. The Morgan fingerprint density at radius 2 is 2.00 bits per heavy atom. The average Bonchev–Trinajstić information content (AvgIpc) is 2.23. The van der Waals surface area contributed by atoms with Crippen LogP contribution in [-0.2, 0) is 4.79 Å². The molecule has 1 aromatic carbocycles. The van der Waals surface area contributed by atoms with Crippen molar-refractivity contribution in [2.75, 3.05) is 5.32 Å². The van der Waals surface area contributed by atoms with Gasteiger partial charge < -0.3 is 5.32 Å². The van der Waals surface area contributed by atoms with E-state index in [-0.39, 0.29) is 5.69 Å². The number of hydrogen-bond donors (Lipinski definition) is 1. The highest BCUT2D eigenvalue weighted by molar-refractivity contribution is 5.96. The lowest BCUT2D eigenvalue weighted by Gasteiger charge is -2.14. The zero-order valence-electron chi connectivity index (χ0n) is 8.84. The van der Waals surface area contributed by atoms with Crippen molar-refractivity contribution < 1.29 is 13.6 Å². The van der Waals surface area contributed by atoms with Gasteiger partial charge in [-0.3, -0.25) is 4.79 Å². The Morgan fingerprint density at radius 1 is 1.38 bits per heavy atom. The highest BCUT2D eigenvalue weighted by Crippen LogP contribution is 2.18. The first kappa shape index (κ1) is 12.1. The Morgan fingerprint density at radius 3 is 2.50 bits per heavy atom. The van der Waals surface area contributed by atoms with E-state index in [0.29, 0.717) is 0 Å². The minimum Gasteiger partial charge on any atom is -0.325 e. The third-order valence-corrected chi connectivity index (χ3v) is 2.02. The third-order valence-electron chi connectivity index (χ3n) is 2.02. The molecule has 0 aliphatic heterocycles. The zero-order valence-corrected chi connectivity index (χ0v) is 8.84. The van der Waals surface area contributed by atoms with Gasteiger partial charge in [0.05, 0.1) is 6.07 Å². The van der Waals surface area contributed by atoms with Crippen LogP contribution >= 0.6 is 0 Å². The predicted octanol–water partition coefficient (Wildman–Crippen LogP) is 2.45. The summed E-state index contributed by atoms with van der Waals surface area (Å²) in [6.07, 6.45) is 0. The van der Waals surface area contributed by atoms with Crippen molar-refractivity contribution in [3.63, 3.8) is 0 Å². The van der Waals surface area contributed by atoms with Crippen molar-refractivity contribution in [2.45, 2.75) is 13.8 Å². The fourth-order valence-corrected chi connectivity index (χ4v) is 0.912. The quantitative estimate of drug-likeness (QED) is 0.838. The number of nitriles is 1. The standard InChI is InChI=1S/C11H10F2N2O/c1-11(2,6-14)10(16)15-7-3-4-8(12)9(13)5-7/h3-5H,1-2H3,(H,15,16). The molecule has 0 aliphatic carbocycles. The number of amides is 1. The van der Waals surface area contributed by atoms with Crippen LogP contribution in [0, 0.1) is 28.4 Å². The van der Waals surface area contributed by atoms with Gasteiger partial charge in [-0.05, 0) is 26.0 Å². The molecule has 0 radical (unpaired) electrons. The van der Waals surface area contributed by atoms with Crippen LogP contribution in [0.25, 0.3) is 0 Å². The van der Waals surface area contributed by atoms with Crippen molar-refractivity contribution >= 4 is 11.6 Å². The highest BCUT2D eigenvalue weighted by Gasteiger charge is 2.27. The number of anilines is 1. The lowest BCUT2D eigenvalue weighted by Crippen LogP contribution is -2.29. The van der Waals surface area contributed by atoms with Crippen LogP contribution in [0.1, 0.15) is 13.8 Å². The summed E-state index contributed by atoms with van der Waals surface area (Å²) in [6.45, 7) is 2.87. The number of benzene rings is 1. The monoisotopic (exact) mass is 224 g/mol. The van der Waals surface area contributed by atoms with Crippen molar-refractivity contribution in [3.05, 3.63) is 29.8 Å². The van der Waals surface area contributed by atoms with E-state index in [1.54, 1.807) is 0 Å². The molecule has 0 aromatic heterocycles. The van der Waals surface area contributed by atoms with Gasteiger partial charge in [0, 0.05) is 11.8 Å². The van der Waals surface area contributed by atoms with Gasteiger partial charge in [-0.25, -0.2) is 8.78 Å². The molecule has 0 fully saturated rings. The summed E-state index contributed by atoms with van der Waals surface area (Å²) in [5, 5.41) is 11.0. The maximum atomic E-state index is 12.8. The maximum absolute atomic E-state index is 12.8. The number of rotatable bonds is 2. The molecule has 16 heavy (non-hydrogen) atoms. The Bertz CT molecular complexity index is 464. The second kappa shape index (κ2) is 4.27. The van der Waals surface area contributed by atoms with Crippen LogP contribution in [0.4, 0.5) is 14.5 Å². The number of nitrogens with one attached hydrogen (secondary N) is 1. The van der Waals surface area contributed by atoms with Crippen LogP contribution in [0.3, 0.4) is 0 Å². The van der Waals surface area contributed by atoms with Gasteiger partial charge in [-0.15, -0.1) is 0 Å². The number of carbonyl (C=O) groups excluding carboxylic acids is 1. The molecule has 0 heterocycles. The minimum atomic E-state index is -1.22. The summed E-state index contributed by atoms with van der Waals surface area (Å²) in [6, 6.07) is 4.80. The summed E-state index contributed by atoms with van der Waals surface area (Å²) in [4.78, 5) is 11.5. The molecule has 0 aliphatic rings. The molecule has 0 unspecified atom stereocenters. The molecule has 1 rings (SSSR count). The Hall–Kier alpha value is -1.96. The molecule has 0 saturated carbocycles. The Kier molecular flexibility index (Phi) is 3.23. The minimum absolute atomic E-state index is 0.118. The molecule has 0 bridgehead atoms. The van der Waals surface area contributed by atoms with Crippen LogP contribution in [-0.4, -0.2) is 5.91 Å². The molecule has 0 saturated heterocycles.